The Labute approximate surface area is 213 Å². The molecule has 0 unspecified atom stereocenters. The van der Waals surface area contributed by atoms with Crippen molar-refractivity contribution in [3.8, 4) is 23.0 Å². The lowest BCUT2D eigenvalue weighted by molar-refractivity contribution is -0.122. The van der Waals surface area contributed by atoms with E-state index in [9.17, 15) is 14.4 Å². The Morgan fingerprint density at radius 2 is 1.59 bits per heavy atom. The molecule has 3 aromatic carbocycles. The zero-order valence-electron chi connectivity index (χ0n) is 20.3. The predicted molar refractivity (Wildman–Crippen MR) is 134 cm³/mol. The Kier molecular flexibility index (Phi) is 6.55. The molecule has 1 atom stereocenters. The molecule has 37 heavy (non-hydrogen) atoms. The normalized spacial score (nSPS) is 16.1. The van der Waals surface area contributed by atoms with Crippen LogP contribution in [0.25, 0.3) is 0 Å². The van der Waals surface area contributed by atoms with E-state index in [2.05, 4.69) is 5.32 Å². The molecule has 0 radical (unpaired) electrons. The number of carbonyl (C=O) groups excluding carboxylic acids is 3. The summed E-state index contributed by atoms with van der Waals surface area (Å²) in [6.07, 6.45) is -0.147. The number of rotatable bonds is 7. The average molecular weight is 504 g/mol. The molecule has 2 aliphatic rings. The van der Waals surface area contributed by atoms with Crippen molar-refractivity contribution in [1.82, 2.24) is 4.90 Å². The third-order valence-corrected chi connectivity index (χ3v) is 6.22. The average Bonchev–Trinajstić information content (AvgIpc) is 3.50. The maximum absolute atomic E-state index is 13.5. The SMILES string of the molecule is COc1ccc(NC(=O)N(Cc2ccc3c(c2)OCO3)[C@@H]2CC(=O)N(c3ccc(OC)cc3)C2=O)cc1. The number of nitrogens with one attached hydrogen (secondary N) is 1. The number of anilines is 2. The van der Waals surface area contributed by atoms with Gasteiger partial charge < -0.3 is 29.2 Å². The number of ether oxygens (including phenoxy) is 4. The van der Waals surface area contributed by atoms with E-state index in [-0.39, 0.29) is 19.8 Å². The topological polar surface area (TPSA) is 107 Å². The van der Waals surface area contributed by atoms with Crippen LogP contribution in [0.5, 0.6) is 23.0 Å². The predicted octanol–water partition coefficient (Wildman–Crippen LogP) is 3.80. The van der Waals surface area contributed by atoms with Crippen molar-refractivity contribution < 1.29 is 33.3 Å². The first-order chi connectivity index (χ1) is 18.0. The second-order valence-corrected chi connectivity index (χ2v) is 8.46. The van der Waals surface area contributed by atoms with Crippen molar-refractivity contribution in [1.29, 1.82) is 0 Å². The molecule has 10 nitrogen and oxygen atoms in total. The third kappa shape index (κ3) is 4.86. The van der Waals surface area contributed by atoms with Crippen LogP contribution >= 0.6 is 0 Å². The van der Waals surface area contributed by atoms with E-state index in [1.807, 2.05) is 0 Å². The van der Waals surface area contributed by atoms with Crippen LogP contribution < -0.4 is 29.2 Å². The minimum Gasteiger partial charge on any atom is -0.497 e. The Bertz CT molecular complexity index is 1320. The maximum Gasteiger partial charge on any atom is 0.322 e. The highest BCUT2D eigenvalue weighted by molar-refractivity contribution is 6.23. The number of hydrogen-bond acceptors (Lipinski definition) is 7. The lowest BCUT2D eigenvalue weighted by Gasteiger charge is -2.28. The van der Waals surface area contributed by atoms with Gasteiger partial charge >= 0.3 is 6.03 Å². The van der Waals surface area contributed by atoms with Gasteiger partial charge in [-0.1, -0.05) is 6.07 Å². The quantitative estimate of drug-likeness (QED) is 0.489. The first-order valence-electron chi connectivity index (χ1n) is 11.6. The summed E-state index contributed by atoms with van der Waals surface area (Å²) in [6, 6.07) is 17.2. The second kappa shape index (κ2) is 10.1. The third-order valence-electron chi connectivity index (χ3n) is 6.22. The highest BCUT2D eigenvalue weighted by atomic mass is 16.7. The number of carbonyl (C=O) groups is 3. The number of imide groups is 1. The molecule has 1 fully saturated rings. The number of methoxy groups -OCH3 is 2. The molecule has 0 spiro atoms. The van der Waals surface area contributed by atoms with Crippen molar-refractivity contribution >= 4 is 29.2 Å². The monoisotopic (exact) mass is 503 g/mol. The van der Waals surface area contributed by atoms with Gasteiger partial charge in [-0.15, -0.1) is 0 Å². The molecule has 3 aromatic rings. The van der Waals surface area contributed by atoms with Gasteiger partial charge in [0.25, 0.3) is 5.91 Å². The van der Waals surface area contributed by atoms with Gasteiger partial charge in [-0.3, -0.25) is 9.59 Å². The fourth-order valence-electron chi connectivity index (χ4n) is 4.29. The standard InChI is InChI=1S/C27H25N3O7/c1-34-20-8-4-18(5-9-20)28-27(33)29(15-17-3-12-23-24(13-17)37-16-36-23)22-14-25(31)30(26(22)32)19-6-10-21(35-2)11-7-19/h3-13,22H,14-16H2,1-2H3,(H,28,33)/t22-/m1/s1. The molecule has 0 bridgehead atoms. The highest BCUT2D eigenvalue weighted by Crippen LogP contribution is 2.34. The molecule has 5 rings (SSSR count). The van der Waals surface area contributed by atoms with Gasteiger partial charge in [0.2, 0.25) is 12.7 Å². The Hall–Kier alpha value is -4.73. The molecule has 2 heterocycles. The first kappa shape index (κ1) is 24.0. The molecule has 1 N–H and O–H groups in total. The van der Waals surface area contributed by atoms with Gasteiger partial charge in [-0.05, 0) is 66.2 Å². The fraction of sp³-hybridized carbons (Fsp3) is 0.222. The van der Waals surface area contributed by atoms with Crippen molar-refractivity contribution in [3.05, 3.63) is 72.3 Å². The van der Waals surface area contributed by atoms with Crippen LogP contribution in [0.4, 0.5) is 16.2 Å². The molecule has 190 valence electrons. The molecular weight excluding hydrogens is 478 g/mol. The number of fused-ring (bicyclic) bond motifs is 1. The Morgan fingerprint density at radius 3 is 2.27 bits per heavy atom. The summed E-state index contributed by atoms with van der Waals surface area (Å²) >= 11 is 0. The van der Waals surface area contributed by atoms with Crippen molar-refractivity contribution in [2.24, 2.45) is 0 Å². The maximum atomic E-state index is 13.5. The van der Waals surface area contributed by atoms with Crippen LogP contribution in [-0.4, -0.2) is 49.8 Å². The van der Waals surface area contributed by atoms with Crippen LogP contribution in [0.1, 0.15) is 12.0 Å². The largest absolute Gasteiger partial charge is 0.497 e. The summed E-state index contributed by atoms with van der Waals surface area (Å²) < 4.78 is 21.2. The summed E-state index contributed by atoms with van der Waals surface area (Å²) in [7, 11) is 3.09. The number of hydrogen-bond donors (Lipinski definition) is 1. The molecule has 1 saturated heterocycles. The lowest BCUT2D eigenvalue weighted by atomic mass is 10.1. The van der Waals surface area contributed by atoms with E-state index in [4.69, 9.17) is 18.9 Å². The molecule has 0 aromatic heterocycles. The summed E-state index contributed by atoms with van der Waals surface area (Å²) in [5, 5.41) is 2.82. The van der Waals surface area contributed by atoms with E-state index in [0.717, 1.165) is 10.5 Å². The summed E-state index contributed by atoms with van der Waals surface area (Å²) in [6.45, 7) is 0.186. The van der Waals surface area contributed by atoms with Gasteiger partial charge in [0.15, 0.2) is 11.5 Å². The smallest absolute Gasteiger partial charge is 0.322 e. The molecule has 0 aliphatic carbocycles. The summed E-state index contributed by atoms with van der Waals surface area (Å²) in [4.78, 5) is 42.5. The molecular formula is C27H25N3O7. The van der Waals surface area contributed by atoms with Crippen LogP contribution in [0.3, 0.4) is 0 Å². The zero-order chi connectivity index (χ0) is 25.9. The van der Waals surface area contributed by atoms with Gasteiger partial charge in [-0.2, -0.15) is 0 Å². The zero-order valence-corrected chi connectivity index (χ0v) is 20.3. The number of benzene rings is 3. The molecule has 4 amide bonds. The first-order valence-corrected chi connectivity index (χ1v) is 11.6. The highest BCUT2D eigenvalue weighted by Gasteiger charge is 2.44. The number of amides is 4. The van der Waals surface area contributed by atoms with E-state index in [1.165, 1.54) is 12.0 Å². The number of urea groups is 1. The number of nitrogens with zero attached hydrogens (tertiary/aromatic N) is 2. The van der Waals surface area contributed by atoms with E-state index in [0.29, 0.717) is 34.4 Å². The van der Waals surface area contributed by atoms with Gasteiger partial charge in [0, 0.05) is 12.2 Å². The van der Waals surface area contributed by atoms with E-state index >= 15 is 0 Å². The Balaban J connectivity index is 1.43. The lowest BCUT2D eigenvalue weighted by Crippen LogP contribution is -2.46. The molecule has 0 saturated carbocycles. The minimum atomic E-state index is -1.00. The van der Waals surface area contributed by atoms with Crippen LogP contribution in [-0.2, 0) is 16.1 Å². The molecule has 10 heteroatoms. The van der Waals surface area contributed by atoms with Gasteiger partial charge in [-0.25, -0.2) is 9.69 Å². The minimum absolute atomic E-state index is 0.0682. The van der Waals surface area contributed by atoms with E-state index in [1.54, 1.807) is 73.8 Å². The summed E-state index contributed by atoms with van der Waals surface area (Å²) in [5.41, 5.74) is 1.65. The Morgan fingerprint density at radius 1 is 0.946 bits per heavy atom. The summed E-state index contributed by atoms with van der Waals surface area (Å²) in [5.74, 6) is 1.52. The van der Waals surface area contributed by atoms with Crippen molar-refractivity contribution in [2.45, 2.75) is 19.0 Å². The van der Waals surface area contributed by atoms with E-state index < -0.39 is 23.9 Å². The van der Waals surface area contributed by atoms with Gasteiger partial charge in [0.05, 0.1) is 26.3 Å². The van der Waals surface area contributed by atoms with Gasteiger partial charge in [0.1, 0.15) is 17.5 Å². The van der Waals surface area contributed by atoms with Crippen molar-refractivity contribution in [3.63, 3.8) is 0 Å². The second-order valence-electron chi connectivity index (χ2n) is 8.46. The van der Waals surface area contributed by atoms with Crippen molar-refractivity contribution in [2.75, 3.05) is 31.2 Å². The van der Waals surface area contributed by atoms with Crippen LogP contribution in [0, 0.1) is 0 Å². The fourth-order valence-corrected chi connectivity index (χ4v) is 4.29. The van der Waals surface area contributed by atoms with Crippen LogP contribution in [0.2, 0.25) is 0 Å². The van der Waals surface area contributed by atoms with Crippen LogP contribution in [0.15, 0.2) is 66.7 Å². The molecule has 2 aliphatic heterocycles.